The van der Waals surface area contributed by atoms with Crippen molar-refractivity contribution in [2.24, 2.45) is 0 Å². The van der Waals surface area contributed by atoms with E-state index in [1.807, 2.05) is 0 Å². The minimum atomic E-state index is -4.54. The first-order valence-electron chi connectivity index (χ1n) is 9.47. The summed E-state index contributed by atoms with van der Waals surface area (Å²) in [6.45, 7) is -0.767. The standard InChI is InChI=1S/C20H20ClF3N2O4S/c21-15-9-8-14(12-18(15)31(28,29)26-10-4-1-5-11-26)19(27)25-16-6-2-3-7-17(16)30-13-20(22,23)24/h2-3,6-9,12H,1,4-5,10-11,13H2,(H,25,27). The molecule has 1 heterocycles. The Labute approximate surface area is 183 Å². The second kappa shape index (κ2) is 9.46. The Morgan fingerprint density at radius 1 is 1.10 bits per heavy atom. The first-order chi connectivity index (χ1) is 14.6. The first-order valence-corrected chi connectivity index (χ1v) is 11.3. The van der Waals surface area contributed by atoms with Gasteiger partial charge in [-0.25, -0.2) is 8.42 Å². The van der Waals surface area contributed by atoms with Gasteiger partial charge in [0.15, 0.2) is 6.61 Å². The number of ether oxygens (including phenoxy) is 1. The highest BCUT2D eigenvalue weighted by atomic mass is 35.5. The summed E-state index contributed by atoms with van der Waals surface area (Å²) in [5, 5.41) is 2.44. The van der Waals surface area contributed by atoms with Gasteiger partial charge in [0.2, 0.25) is 10.0 Å². The third kappa shape index (κ3) is 5.90. The monoisotopic (exact) mass is 476 g/mol. The van der Waals surface area contributed by atoms with Gasteiger partial charge in [0, 0.05) is 18.7 Å². The van der Waals surface area contributed by atoms with E-state index in [2.05, 4.69) is 5.32 Å². The molecule has 0 radical (unpaired) electrons. The van der Waals surface area contributed by atoms with E-state index in [1.54, 1.807) is 0 Å². The van der Waals surface area contributed by atoms with Gasteiger partial charge in [-0.15, -0.1) is 0 Å². The molecule has 0 bridgehead atoms. The number of benzene rings is 2. The molecule has 0 saturated carbocycles. The maximum Gasteiger partial charge on any atom is 0.422 e. The fourth-order valence-corrected chi connectivity index (χ4v) is 5.15. The van der Waals surface area contributed by atoms with Gasteiger partial charge >= 0.3 is 6.18 Å². The molecular weight excluding hydrogens is 457 g/mol. The van der Waals surface area contributed by atoms with Gasteiger partial charge in [0.25, 0.3) is 5.91 Å². The van der Waals surface area contributed by atoms with Crippen LogP contribution in [-0.2, 0) is 10.0 Å². The second-order valence-corrected chi connectivity index (χ2v) is 9.28. The van der Waals surface area contributed by atoms with Crippen LogP contribution >= 0.6 is 11.6 Å². The lowest BCUT2D eigenvalue weighted by atomic mass is 10.2. The molecule has 3 rings (SSSR count). The zero-order chi connectivity index (χ0) is 22.6. The number of hydrogen-bond donors (Lipinski definition) is 1. The SMILES string of the molecule is O=C(Nc1ccccc1OCC(F)(F)F)c1ccc(Cl)c(S(=O)(=O)N2CCCCC2)c1. The third-order valence-corrected chi connectivity index (χ3v) is 7.03. The molecule has 0 atom stereocenters. The Balaban J connectivity index is 1.83. The predicted octanol–water partition coefficient (Wildman–Crippen LogP) is 4.71. The van der Waals surface area contributed by atoms with E-state index < -0.39 is 28.7 Å². The Hall–Kier alpha value is -2.30. The molecule has 2 aromatic carbocycles. The molecule has 2 aromatic rings. The minimum Gasteiger partial charge on any atom is -0.482 e. The third-order valence-electron chi connectivity index (χ3n) is 4.65. The normalized spacial score (nSPS) is 15.5. The maximum atomic E-state index is 13.0. The van der Waals surface area contributed by atoms with Crippen molar-refractivity contribution < 1.29 is 31.1 Å². The van der Waals surface area contributed by atoms with Gasteiger partial charge in [-0.2, -0.15) is 17.5 Å². The molecular formula is C20H20ClF3N2O4S. The number of nitrogens with one attached hydrogen (secondary N) is 1. The Morgan fingerprint density at radius 2 is 1.77 bits per heavy atom. The van der Waals surface area contributed by atoms with Crippen LogP contribution in [0.3, 0.4) is 0 Å². The van der Waals surface area contributed by atoms with Crippen molar-refractivity contribution in [2.75, 3.05) is 25.0 Å². The van der Waals surface area contributed by atoms with Gasteiger partial charge in [-0.3, -0.25) is 4.79 Å². The number of piperidine rings is 1. The number of amides is 1. The Morgan fingerprint density at radius 3 is 2.45 bits per heavy atom. The van der Waals surface area contributed by atoms with Gasteiger partial charge in [0.05, 0.1) is 10.7 Å². The van der Waals surface area contributed by atoms with E-state index in [9.17, 15) is 26.4 Å². The molecule has 1 saturated heterocycles. The van der Waals surface area contributed by atoms with Crippen LogP contribution in [0.4, 0.5) is 18.9 Å². The average molecular weight is 477 g/mol. The van der Waals surface area contributed by atoms with Crippen LogP contribution in [-0.4, -0.2) is 44.5 Å². The quantitative estimate of drug-likeness (QED) is 0.655. The molecule has 0 aliphatic carbocycles. The van der Waals surface area contributed by atoms with Gasteiger partial charge < -0.3 is 10.1 Å². The Bertz CT molecular complexity index is 1050. The lowest BCUT2D eigenvalue weighted by molar-refractivity contribution is -0.153. The molecule has 1 aliphatic rings. The summed E-state index contributed by atoms with van der Waals surface area (Å²) in [7, 11) is -3.88. The highest BCUT2D eigenvalue weighted by molar-refractivity contribution is 7.89. The van der Waals surface area contributed by atoms with Gasteiger partial charge in [-0.05, 0) is 43.2 Å². The number of hydrogen-bond acceptors (Lipinski definition) is 4. The highest BCUT2D eigenvalue weighted by Gasteiger charge is 2.30. The molecule has 1 amide bonds. The summed E-state index contributed by atoms with van der Waals surface area (Å²) in [4.78, 5) is 12.5. The average Bonchev–Trinajstić information content (AvgIpc) is 2.73. The number of para-hydroxylation sites is 2. The number of anilines is 1. The van der Waals surface area contributed by atoms with E-state index in [-0.39, 0.29) is 26.9 Å². The zero-order valence-corrected chi connectivity index (χ0v) is 17.9. The maximum absolute atomic E-state index is 13.0. The summed E-state index contributed by atoms with van der Waals surface area (Å²) in [5.41, 5.74) is 0.0118. The number of nitrogens with zero attached hydrogens (tertiary/aromatic N) is 1. The van der Waals surface area contributed by atoms with Crippen molar-refractivity contribution in [2.45, 2.75) is 30.3 Å². The summed E-state index contributed by atoms with van der Waals surface area (Å²) < 4.78 is 69.4. The number of rotatable bonds is 6. The number of sulfonamides is 1. The van der Waals surface area contributed by atoms with Crippen molar-refractivity contribution in [3.8, 4) is 5.75 Å². The van der Waals surface area contributed by atoms with E-state index in [1.165, 1.54) is 46.8 Å². The largest absolute Gasteiger partial charge is 0.482 e. The Kier molecular flexibility index (Phi) is 7.13. The van der Waals surface area contributed by atoms with Crippen molar-refractivity contribution in [3.05, 3.63) is 53.1 Å². The highest BCUT2D eigenvalue weighted by Crippen LogP contribution is 2.30. The molecule has 0 unspecified atom stereocenters. The number of halogens is 4. The molecule has 0 spiro atoms. The summed E-state index contributed by atoms with van der Waals surface area (Å²) >= 11 is 6.11. The van der Waals surface area contributed by atoms with Crippen molar-refractivity contribution >= 4 is 33.2 Å². The van der Waals surface area contributed by atoms with E-state index in [4.69, 9.17) is 16.3 Å². The van der Waals surface area contributed by atoms with Crippen LogP contribution in [0.5, 0.6) is 5.75 Å². The molecule has 6 nitrogen and oxygen atoms in total. The van der Waals surface area contributed by atoms with Gasteiger partial charge in [0.1, 0.15) is 10.6 Å². The van der Waals surface area contributed by atoms with Crippen LogP contribution < -0.4 is 10.1 Å². The number of alkyl halides is 3. The molecule has 1 fully saturated rings. The molecule has 31 heavy (non-hydrogen) atoms. The molecule has 1 aliphatic heterocycles. The van der Waals surface area contributed by atoms with Crippen molar-refractivity contribution in [3.63, 3.8) is 0 Å². The minimum absolute atomic E-state index is 0.00870. The lowest BCUT2D eigenvalue weighted by Gasteiger charge is -2.26. The molecule has 0 aromatic heterocycles. The van der Waals surface area contributed by atoms with Gasteiger partial charge in [-0.1, -0.05) is 30.2 Å². The van der Waals surface area contributed by atoms with Crippen LogP contribution in [0.1, 0.15) is 29.6 Å². The predicted molar refractivity (Wildman–Crippen MR) is 110 cm³/mol. The van der Waals surface area contributed by atoms with Crippen molar-refractivity contribution in [1.82, 2.24) is 4.31 Å². The van der Waals surface area contributed by atoms with E-state index in [0.717, 1.165) is 19.3 Å². The summed E-state index contributed by atoms with van der Waals surface area (Å²) in [6, 6.07) is 9.46. The smallest absolute Gasteiger partial charge is 0.422 e. The summed E-state index contributed by atoms with van der Waals surface area (Å²) in [5.74, 6) is -0.877. The zero-order valence-electron chi connectivity index (χ0n) is 16.3. The van der Waals surface area contributed by atoms with Crippen LogP contribution in [0, 0.1) is 0 Å². The molecule has 1 N–H and O–H groups in total. The summed E-state index contributed by atoms with van der Waals surface area (Å²) in [6.07, 6.45) is -2.11. The molecule has 11 heteroatoms. The molecule has 168 valence electrons. The topological polar surface area (TPSA) is 75.7 Å². The lowest BCUT2D eigenvalue weighted by Crippen LogP contribution is -2.35. The van der Waals surface area contributed by atoms with Crippen LogP contribution in [0.15, 0.2) is 47.4 Å². The first kappa shape index (κ1) is 23.4. The number of carbonyl (C=O) groups excluding carboxylic acids is 1. The van der Waals surface area contributed by atoms with Crippen LogP contribution in [0.25, 0.3) is 0 Å². The van der Waals surface area contributed by atoms with Crippen molar-refractivity contribution in [1.29, 1.82) is 0 Å². The fraction of sp³-hybridized carbons (Fsp3) is 0.350. The van der Waals surface area contributed by atoms with E-state index in [0.29, 0.717) is 13.1 Å². The van der Waals surface area contributed by atoms with E-state index >= 15 is 0 Å². The van der Waals surface area contributed by atoms with Crippen LogP contribution in [0.2, 0.25) is 5.02 Å². The fourth-order valence-electron chi connectivity index (χ4n) is 3.14. The second-order valence-electron chi connectivity index (χ2n) is 6.96. The number of carbonyl (C=O) groups is 1.